The number of amides is 2. The highest BCUT2D eigenvalue weighted by Crippen LogP contribution is 2.45. The summed E-state index contributed by atoms with van der Waals surface area (Å²) in [5, 5.41) is 6.02. The molecule has 1 aliphatic rings. The molecule has 2 aromatic carbocycles. The van der Waals surface area contributed by atoms with Gasteiger partial charge in [-0.1, -0.05) is 32.9 Å². The van der Waals surface area contributed by atoms with Crippen molar-refractivity contribution in [2.24, 2.45) is 11.3 Å². The minimum absolute atomic E-state index is 0.160. The quantitative estimate of drug-likeness (QED) is 0.178. The normalized spacial score (nSPS) is 15.2. The lowest BCUT2D eigenvalue weighted by Crippen LogP contribution is -2.27. The third kappa shape index (κ3) is 7.54. The number of hydrogen-bond donors (Lipinski definition) is 2. The second-order valence-electron chi connectivity index (χ2n) is 11.5. The van der Waals surface area contributed by atoms with Gasteiger partial charge in [-0.2, -0.15) is 0 Å². The van der Waals surface area contributed by atoms with E-state index in [0.717, 1.165) is 34.6 Å². The number of thiophene rings is 1. The van der Waals surface area contributed by atoms with Gasteiger partial charge in [-0.25, -0.2) is 4.79 Å². The van der Waals surface area contributed by atoms with Crippen LogP contribution in [0.3, 0.4) is 0 Å². The number of ether oxygens (including phenoxy) is 3. The number of carbonyl (C=O) groups excluding carboxylic acids is 3. The number of thioether (sulfide) groups is 1. The smallest absolute Gasteiger partial charge is 0.341 e. The Morgan fingerprint density at radius 2 is 1.70 bits per heavy atom. The van der Waals surface area contributed by atoms with Crippen molar-refractivity contribution in [3.63, 3.8) is 0 Å². The van der Waals surface area contributed by atoms with E-state index in [0.29, 0.717) is 39.2 Å². The highest BCUT2D eigenvalue weighted by molar-refractivity contribution is 8.00. The van der Waals surface area contributed by atoms with E-state index >= 15 is 0 Å². The van der Waals surface area contributed by atoms with Gasteiger partial charge in [0.1, 0.15) is 22.1 Å². The number of carbonyl (C=O) groups is 3. The number of fused-ring (bicyclic) bond motifs is 1. The maximum absolute atomic E-state index is 13.4. The lowest BCUT2D eigenvalue weighted by atomic mass is 9.72. The molecule has 43 heavy (non-hydrogen) atoms. The average Bonchev–Trinajstić information content (AvgIpc) is 3.33. The first-order valence-corrected chi connectivity index (χ1v) is 16.1. The molecular formula is C33H40N2O6S2. The van der Waals surface area contributed by atoms with Crippen molar-refractivity contribution >= 4 is 51.6 Å². The Morgan fingerprint density at radius 3 is 2.33 bits per heavy atom. The number of methoxy groups -OCH3 is 2. The van der Waals surface area contributed by atoms with Gasteiger partial charge in [-0.15, -0.1) is 23.1 Å². The largest absolute Gasteiger partial charge is 0.496 e. The van der Waals surface area contributed by atoms with Crippen molar-refractivity contribution < 1.29 is 28.6 Å². The highest BCUT2D eigenvalue weighted by Gasteiger charge is 2.35. The van der Waals surface area contributed by atoms with E-state index < -0.39 is 5.25 Å². The van der Waals surface area contributed by atoms with Crippen molar-refractivity contribution in [3.05, 3.63) is 64.0 Å². The fourth-order valence-corrected chi connectivity index (χ4v) is 7.46. The van der Waals surface area contributed by atoms with Crippen molar-refractivity contribution in [2.75, 3.05) is 31.5 Å². The first kappa shape index (κ1) is 32.4. The summed E-state index contributed by atoms with van der Waals surface area (Å²) in [5.41, 5.74) is 2.53. The van der Waals surface area contributed by atoms with Crippen LogP contribution in [0.15, 0.2) is 47.4 Å². The first-order valence-electron chi connectivity index (χ1n) is 14.4. The molecule has 230 valence electrons. The predicted molar refractivity (Wildman–Crippen MR) is 173 cm³/mol. The van der Waals surface area contributed by atoms with Gasteiger partial charge in [0.2, 0.25) is 5.91 Å². The fourth-order valence-electron chi connectivity index (χ4n) is 5.22. The molecule has 0 saturated heterocycles. The van der Waals surface area contributed by atoms with E-state index in [4.69, 9.17) is 14.2 Å². The van der Waals surface area contributed by atoms with Crippen LogP contribution in [0.25, 0.3) is 0 Å². The van der Waals surface area contributed by atoms with Gasteiger partial charge in [0.15, 0.2) is 0 Å². The zero-order chi connectivity index (χ0) is 31.3. The molecule has 0 aliphatic heterocycles. The van der Waals surface area contributed by atoms with Crippen LogP contribution in [0.1, 0.15) is 72.2 Å². The zero-order valence-corrected chi connectivity index (χ0v) is 27.4. The van der Waals surface area contributed by atoms with Gasteiger partial charge in [-0.3, -0.25) is 9.59 Å². The second kappa shape index (κ2) is 13.9. The number of rotatable bonds is 10. The summed E-state index contributed by atoms with van der Waals surface area (Å²) in [7, 11) is 3.00. The summed E-state index contributed by atoms with van der Waals surface area (Å²) < 4.78 is 16.1. The van der Waals surface area contributed by atoms with Crippen molar-refractivity contribution in [3.8, 4) is 11.5 Å². The molecule has 0 saturated carbocycles. The van der Waals surface area contributed by atoms with Crippen molar-refractivity contribution in [1.82, 2.24) is 0 Å². The Kier molecular flexibility index (Phi) is 10.4. The molecule has 2 unspecified atom stereocenters. The third-order valence-corrected chi connectivity index (χ3v) is 9.90. The molecule has 0 fully saturated rings. The van der Waals surface area contributed by atoms with Gasteiger partial charge in [0.05, 0.1) is 31.6 Å². The number of hydrogen-bond acceptors (Lipinski definition) is 8. The molecule has 1 heterocycles. The van der Waals surface area contributed by atoms with Gasteiger partial charge in [-0.05, 0) is 80.3 Å². The second-order valence-corrected chi connectivity index (χ2v) is 14.0. The maximum atomic E-state index is 13.4. The summed E-state index contributed by atoms with van der Waals surface area (Å²) in [5.74, 6) is 0.334. The van der Waals surface area contributed by atoms with Crippen molar-refractivity contribution in [1.29, 1.82) is 0 Å². The van der Waals surface area contributed by atoms with Crippen LogP contribution in [-0.4, -0.2) is 43.9 Å². The van der Waals surface area contributed by atoms with E-state index in [1.165, 1.54) is 37.3 Å². The Hall–Kier alpha value is -3.50. The first-order chi connectivity index (χ1) is 20.5. The molecule has 1 aliphatic carbocycles. The molecule has 10 heteroatoms. The highest BCUT2D eigenvalue weighted by atomic mass is 32.2. The zero-order valence-electron chi connectivity index (χ0n) is 25.8. The average molecular weight is 625 g/mol. The van der Waals surface area contributed by atoms with E-state index in [1.807, 2.05) is 25.1 Å². The molecule has 2 N–H and O–H groups in total. The Labute approximate surface area is 261 Å². The Bertz CT molecular complexity index is 1470. The molecule has 8 nitrogen and oxygen atoms in total. The summed E-state index contributed by atoms with van der Waals surface area (Å²) in [6.45, 7) is 10.6. The lowest BCUT2D eigenvalue weighted by molar-refractivity contribution is -0.115. The van der Waals surface area contributed by atoms with Crippen LogP contribution >= 0.6 is 23.1 Å². The fraction of sp³-hybridized carbons (Fsp3) is 0.424. The summed E-state index contributed by atoms with van der Waals surface area (Å²) in [6, 6.07) is 12.4. The summed E-state index contributed by atoms with van der Waals surface area (Å²) in [6.07, 6.45) is 2.67. The summed E-state index contributed by atoms with van der Waals surface area (Å²) >= 11 is 2.85. The van der Waals surface area contributed by atoms with Crippen LogP contribution in [0.5, 0.6) is 11.5 Å². The van der Waals surface area contributed by atoms with Gasteiger partial charge >= 0.3 is 5.97 Å². The van der Waals surface area contributed by atoms with Gasteiger partial charge < -0.3 is 24.8 Å². The van der Waals surface area contributed by atoms with Crippen LogP contribution in [0, 0.1) is 11.3 Å². The van der Waals surface area contributed by atoms with E-state index in [1.54, 1.807) is 31.2 Å². The summed E-state index contributed by atoms with van der Waals surface area (Å²) in [4.78, 5) is 41.5. The van der Waals surface area contributed by atoms with E-state index in [2.05, 4.69) is 31.4 Å². The molecule has 3 aromatic rings. The number of benzene rings is 2. The monoisotopic (exact) mass is 624 g/mol. The van der Waals surface area contributed by atoms with Crippen LogP contribution in [0.4, 0.5) is 10.7 Å². The standard InChI is InChI=1S/C33H40N2O6S2/c1-8-41-32(38)27-23-16-15-20(33(3,4)5)17-26(23)43-31(27)35-29(36)19(2)42-22-12-9-11-21(18-22)34-30(37)28-24(39-6)13-10-14-25(28)40-7/h9-14,18-20H,8,15-17H2,1-7H3,(H,34,37)(H,35,36). The van der Waals surface area contributed by atoms with E-state index in [9.17, 15) is 14.4 Å². The minimum atomic E-state index is -0.475. The molecule has 0 spiro atoms. The SMILES string of the molecule is CCOC(=O)c1c(NC(=O)C(C)Sc2cccc(NC(=O)c3c(OC)cccc3OC)c2)sc2c1CCC(C(C)(C)C)C2. The molecule has 2 amide bonds. The third-order valence-electron chi connectivity index (χ3n) is 7.64. The van der Waals surface area contributed by atoms with Crippen LogP contribution in [-0.2, 0) is 22.4 Å². The molecule has 1 aromatic heterocycles. The molecule has 0 radical (unpaired) electrons. The van der Waals surface area contributed by atoms with E-state index in [-0.39, 0.29) is 29.8 Å². The molecule has 2 atom stereocenters. The van der Waals surface area contributed by atoms with Gasteiger partial charge in [0.25, 0.3) is 5.91 Å². The molecule has 4 rings (SSSR count). The number of nitrogens with one attached hydrogen (secondary N) is 2. The topological polar surface area (TPSA) is 103 Å². The Morgan fingerprint density at radius 1 is 1.02 bits per heavy atom. The van der Waals surface area contributed by atoms with Crippen molar-refractivity contribution in [2.45, 2.75) is 64.0 Å². The van der Waals surface area contributed by atoms with Crippen LogP contribution in [0.2, 0.25) is 0 Å². The Balaban J connectivity index is 1.49. The number of anilines is 2. The number of esters is 1. The predicted octanol–water partition coefficient (Wildman–Crippen LogP) is 7.46. The maximum Gasteiger partial charge on any atom is 0.341 e. The lowest BCUT2D eigenvalue weighted by Gasteiger charge is -2.33. The molecular weight excluding hydrogens is 585 g/mol. The van der Waals surface area contributed by atoms with Crippen LogP contribution < -0.4 is 20.1 Å². The molecule has 0 bridgehead atoms. The van der Waals surface area contributed by atoms with Gasteiger partial charge in [0, 0.05) is 15.5 Å². The minimum Gasteiger partial charge on any atom is -0.496 e.